The van der Waals surface area contributed by atoms with Crippen molar-refractivity contribution < 1.29 is 9.47 Å². The summed E-state index contributed by atoms with van der Waals surface area (Å²) in [7, 11) is 1.68. The Kier molecular flexibility index (Phi) is 3.46. The lowest BCUT2D eigenvalue weighted by Gasteiger charge is -2.34. The van der Waals surface area contributed by atoms with E-state index in [1.54, 1.807) is 7.11 Å². The number of morpholine rings is 1. The fourth-order valence-electron chi connectivity index (χ4n) is 1.92. The first-order chi connectivity index (χ1) is 7.70. The largest absolute Gasteiger partial charge is 0.497 e. The van der Waals surface area contributed by atoms with E-state index in [1.807, 2.05) is 18.2 Å². The second-order valence-corrected chi connectivity index (χ2v) is 4.30. The Morgan fingerprint density at radius 2 is 2.19 bits per heavy atom. The third-order valence-electron chi connectivity index (χ3n) is 3.17. The molecule has 3 atom stereocenters. The molecule has 1 aliphatic heterocycles. The van der Waals surface area contributed by atoms with Crippen molar-refractivity contribution >= 4 is 0 Å². The number of ether oxygens (including phenoxy) is 2. The molecule has 1 aromatic rings. The van der Waals surface area contributed by atoms with Crippen LogP contribution in [0.15, 0.2) is 24.3 Å². The average Bonchev–Trinajstić information content (AvgIpc) is 2.33. The molecule has 1 aliphatic rings. The quantitative estimate of drug-likeness (QED) is 0.830. The highest BCUT2D eigenvalue weighted by Crippen LogP contribution is 2.25. The molecule has 0 aliphatic carbocycles. The van der Waals surface area contributed by atoms with E-state index in [4.69, 9.17) is 9.47 Å². The predicted octanol–water partition coefficient (Wildman–Crippen LogP) is 2.13. The smallest absolute Gasteiger partial charge is 0.119 e. The molecule has 1 saturated heterocycles. The standard InChI is InChI=1S/C13H19NO2/c1-9-10(2)16-13(8-14-9)11-5-4-6-12(7-11)15-3/h4-7,9-10,13-14H,8H2,1-3H3. The minimum absolute atomic E-state index is 0.126. The van der Waals surface area contributed by atoms with E-state index in [0.717, 1.165) is 12.3 Å². The first-order valence-corrected chi connectivity index (χ1v) is 5.73. The summed E-state index contributed by atoms with van der Waals surface area (Å²) in [6, 6.07) is 8.49. The maximum Gasteiger partial charge on any atom is 0.119 e. The molecule has 1 fully saturated rings. The van der Waals surface area contributed by atoms with Gasteiger partial charge in [0.15, 0.2) is 0 Å². The normalized spacial score (nSPS) is 30.1. The van der Waals surface area contributed by atoms with Crippen LogP contribution in [0.3, 0.4) is 0 Å². The summed E-state index contributed by atoms with van der Waals surface area (Å²) in [6.45, 7) is 5.11. The van der Waals surface area contributed by atoms with Crippen molar-refractivity contribution in [2.24, 2.45) is 0 Å². The van der Waals surface area contributed by atoms with E-state index in [2.05, 4.69) is 25.2 Å². The fraction of sp³-hybridized carbons (Fsp3) is 0.538. The van der Waals surface area contributed by atoms with E-state index in [9.17, 15) is 0 Å². The zero-order chi connectivity index (χ0) is 11.5. The van der Waals surface area contributed by atoms with Gasteiger partial charge < -0.3 is 14.8 Å². The molecule has 1 aromatic carbocycles. The van der Waals surface area contributed by atoms with Crippen molar-refractivity contribution in [3.63, 3.8) is 0 Å². The molecule has 3 heteroatoms. The Morgan fingerprint density at radius 1 is 1.38 bits per heavy atom. The maximum atomic E-state index is 5.97. The molecule has 1 heterocycles. The summed E-state index contributed by atoms with van der Waals surface area (Å²) in [6.07, 6.45) is 0.367. The van der Waals surface area contributed by atoms with Crippen LogP contribution in [0.5, 0.6) is 5.75 Å². The number of nitrogens with one attached hydrogen (secondary N) is 1. The monoisotopic (exact) mass is 221 g/mol. The molecular weight excluding hydrogens is 202 g/mol. The highest BCUT2D eigenvalue weighted by Gasteiger charge is 2.25. The van der Waals surface area contributed by atoms with Crippen LogP contribution in [-0.4, -0.2) is 25.8 Å². The van der Waals surface area contributed by atoms with Crippen molar-refractivity contribution in [1.29, 1.82) is 0 Å². The van der Waals surface area contributed by atoms with Crippen molar-refractivity contribution in [2.75, 3.05) is 13.7 Å². The van der Waals surface area contributed by atoms with E-state index in [0.29, 0.717) is 6.04 Å². The number of benzene rings is 1. The van der Waals surface area contributed by atoms with E-state index in [1.165, 1.54) is 5.56 Å². The molecule has 88 valence electrons. The van der Waals surface area contributed by atoms with Gasteiger partial charge in [-0.2, -0.15) is 0 Å². The summed E-state index contributed by atoms with van der Waals surface area (Å²) in [4.78, 5) is 0. The minimum Gasteiger partial charge on any atom is -0.497 e. The number of rotatable bonds is 2. The molecule has 16 heavy (non-hydrogen) atoms. The van der Waals surface area contributed by atoms with Gasteiger partial charge in [-0.3, -0.25) is 0 Å². The predicted molar refractivity (Wildman–Crippen MR) is 63.7 cm³/mol. The van der Waals surface area contributed by atoms with Crippen molar-refractivity contribution in [3.05, 3.63) is 29.8 Å². The zero-order valence-corrected chi connectivity index (χ0v) is 10.1. The van der Waals surface area contributed by atoms with Crippen LogP contribution in [-0.2, 0) is 4.74 Å². The Hall–Kier alpha value is -1.06. The summed E-state index contributed by atoms with van der Waals surface area (Å²) >= 11 is 0. The van der Waals surface area contributed by atoms with Crippen molar-refractivity contribution in [3.8, 4) is 5.75 Å². The minimum atomic E-state index is 0.126. The molecule has 0 bridgehead atoms. The Labute approximate surface area is 96.8 Å². The van der Waals surface area contributed by atoms with E-state index in [-0.39, 0.29) is 12.2 Å². The Balaban J connectivity index is 2.12. The highest BCUT2D eigenvalue weighted by molar-refractivity contribution is 5.30. The molecule has 3 nitrogen and oxygen atoms in total. The van der Waals surface area contributed by atoms with Gasteiger partial charge in [0, 0.05) is 12.6 Å². The molecule has 2 rings (SSSR count). The van der Waals surface area contributed by atoms with Crippen LogP contribution in [0.4, 0.5) is 0 Å². The third-order valence-corrected chi connectivity index (χ3v) is 3.17. The van der Waals surface area contributed by atoms with Crippen LogP contribution in [0.1, 0.15) is 25.5 Å². The van der Waals surface area contributed by atoms with E-state index < -0.39 is 0 Å². The van der Waals surface area contributed by atoms with Gasteiger partial charge in [-0.15, -0.1) is 0 Å². The summed E-state index contributed by atoms with van der Waals surface area (Å²) in [5.41, 5.74) is 1.17. The number of methoxy groups -OCH3 is 1. The maximum absolute atomic E-state index is 5.97. The van der Waals surface area contributed by atoms with Gasteiger partial charge in [0.25, 0.3) is 0 Å². The molecule has 0 radical (unpaired) electrons. The topological polar surface area (TPSA) is 30.5 Å². The number of hydrogen-bond donors (Lipinski definition) is 1. The van der Waals surface area contributed by atoms with Gasteiger partial charge in [-0.05, 0) is 31.5 Å². The Bertz CT molecular complexity index is 354. The van der Waals surface area contributed by atoms with Gasteiger partial charge in [-0.1, -0.05) is 12.1 Å². The highest BCUT2D eigenvalue weighted by atomic mass is 16.5. The molecular formula is C13H19NO2. The van der Waals surface area contributed by atoms with Crippen LogP contribution in [0, 0.1) is 0 Å². The van der Waals surface area contributed by atoms with Crippen LogP contribution in [0.2, 0.25) is 0 Å². The molecule has 0 amide bonds. The SMILES string of the molecule is COc1cccc(C2CNC(C)C(C)O2)c1. The van der Waals surface area contributed by atoms with Gasteiger partial charge in [-0.25, -0.2) is 0 Å². The third kappa shape index (κ3) is 2.36. The van der Waals surface area contributed by atoms with E-state index >= 15 is 0 Å². The van der Waals surface area contributed by atoms with Crippen molar-refractivity contribution in [2.45, 2.75) is 32.1 Å². The first-order valence-electron chi connectivity index (χ1n) is 5.73. The first kappa shape index (κ1) is 11.4. The fourth-order valence-corrected chi connectivity index (χ4v) is 1.92. The summed E-state index contributed by atoms with van der Waals surface area (Å²) in [5.74, 6) is 0.882. The molecule has 0 saturated carbocycles. The average molecular weight is 221 g/mol. The second-order valence-electron chi connectivity index (χ2n) is 4.30. The molecule has 0 spiro atoms. The van der Waals surface area contributed by atoms with Gasteiger partial charge >= 0.3 is 0 Å². The number of hydrogen-bond acceptors (Lipinski definition) is 3. The summed E-state index contributed by atoms with van der Waals surface area (Å²) in [5, 5.41) is 3.45. The van der Waals surface area contributed by atoms with Crippen LogP contribution in [0.25, 0.3) is 0 Å². The molecule has 0 aromatic heterocycles. The molecule has 3 unspecified atom stereocenters. The van der Waals surface area contributed by atoms with Gasteiger partial charge in [0.05, 0.1) is 19.3 Å². The van der Waals surface area contributed by atoms with Gasteiger partial charge in [0.1, 0.15) is 5.75 Å². The zero-order valence-electron chi connectivity index (χ0n) is 10.1. The Morgan fingerprint density at radius 3 is 2.88 bits per heavy atom. The van der Waals surface area contributed by atoms with Crippen LogP contribution >= 0.6 is 0 Å². The second kappa shape index (κ2) is 4.85. The lowest BCUT2D eigenvalue weighted by Crippen LogP contribution is -2.46. The van der Waals surface area contributed by atoms with Crippen molar-refractivity contribution in [1.82, 2.24) is 5.32 Å². The van der Waals surface area contributed by atoms with Crippen LogP contribution < -0.4 is 10.1 Å². The molecule has 1 N–H and O–H groups in total. The summed E-state index contributed by atoms with van der Waals surface area (Å²) < 4.78 is 11.2. The lowest BCUT2D eigenvalue weighted by atomic mass is 10.0. The van der Waals surface area contributed by atoms with Gasteiger partial charge in [0.2, 0.25) is 0 Å². The lowest BCUT2D eigenvalue weighted by molar-refractivity contribution is -0.0509.